The first-order valence-corrected chi connectivity index (χ1v) is 11.9. The van der Waals surface area contributed by atoms with Crippen LogP contribution in [0.25, 0.3) is 10.9 Å². The van der Waals surface area contributed by atoms with Gasteiger partial charge in [-0.1, -0.05) is 0 Å². The minimum Gasteiger partial charge on any atom is -0.378 e. The lowest BCUT2D eigenvalue weighted by atomic mass is 10.1. The second kappa shape index (κ2) is 8.99. The molecule has 0 unspecified atom stereocenters. The largest absolute Gasteiger partial charge is 0.378 e. The van der Waals surface area contributed by atoms with Crippen molar-refractivity contribution in [3.8, 4) is 0 Å². The fourth-order valence-electron chi connectivity index (χ4n) is 4.80. The van der Waals surface area contributed by atoms with E-state index in [9.17, 15) is 14.4 Å². The van der Waals surface area contributed by atoms with Crippen molar-refractivity contribution in [2.45, 2.75) is 31.8 Å². The highest BCUT2D eigenvalue weighted by Gasteiger charge is 2.30. The smallest absolute Gasteiger partial charge is 0.259 e. The molecule has 9 nitrogen and oxygen atoms in total. The summed E-state index contributed by atoms with van der Waals surface area (Å²) in [7, 11) is 0. The summed E-state index contributed by atoms with van der Waals surface area (Å²) in [4.78, 5) is 43.8. The third kappa shape index (κ3) is 4.16. The molecule has 2 saturated heterocycles. The molecular formula is C24H30FN5O4. The number of anilines is 1. The molecule has 10 heteroatoms. The van der Waals surface area contributed by atoms with Gasteiger partial charge in [-0.2, -0.15) is 0 Å². The lowest BCUT2D eigenvalue weighted by Gasteiger charge is -2.37. The van der Waals surface area contributed by atoms with Crippen molar-refractivity contribution < 1.29 is 18.7 Å². The molecule has 2 aromatic rings. The molecule has 0 spiro atoms. The number of nitrogens with zero attached hydrogens (tertiary/aromatic N) is 4. The molecule has 3 aliphatic rings. The summed E-state index contributed by atoms with van der Waals surface area (Å²) in [5, 5.41) is 0.220. The van der Waals surface area contributed by atoms with Crippen molar-refractivity contribution in [3.63, 3.8) is 0 Å². The fraction of sp³-hybridized carbons (Fsp3) is 0.542. The van der Waals surface area contributed by atoms with Gasteiger partial charge in [0, 0.05) is 56.9 Å². The van der Waals surface area contributed by atoms with E-state index in [0.29, 0.717) is 63.7 Å². The molecule has 2 N–H and O–H groups in total. The molecule has 3 fully saturated rings. The molecule has 5 rings (SSSR count). The van der Waals surface area contributed by atoms with Gasteiger partial charge in [-0.25, -0.2) is 4.39 Å². The molecule has 1 saturated carbocycles. The van der Waals surface area contributed by atoms with Gasteiger partial charge in [0.25, 0.3) is 5.91 Å². The Morgan fingerprint density at radius 2 is 1.74 bits per heavy atom. The van der Waals surface area contributed by atoms with Gasteiger partial charge < -0.3 is 29.7 Å². The van der Waals surface area contributed by atoms with E-state index < -0.39 is 17.3 Å². The average molecular weight is 472 g/mol. The van der Waals surface area contributed by atoms with Gasteiger partial charge in [0.1, 0.15) is 11.4 Å². The summed E-state index contributed by atoms with van der Waals surface area (Å²) in [6.07, 6.45) is 3.56. The number of morpholine rings is 1. The SMILES string of the molecule is C[C@@H](N)C(=O)N1CCN(c2cc3c(cc2F)c(=O)c(C(=O)N2CCOCC2)cn3C2CC2)CC1. The van der Waals surface area contributed by atoms with E-state index in [1.165, 1.54) is 6.07 Å². The number of benzene rings is 1. The van der Waals surface area contributed by atoms with Crippen LogP contribution in [-0.2, 0) is 9.53 Å². The fourth-order valence-corrected chi connectivity index (χ4v) is 4.80. The molecular weight excluding hydrogens is 441 g/mol. The zero-order valence-electron chi connectivity index (χ0n) is 19.3. The van der Waals surface area contributed by atoms with Crippen molar-refractivity contribution in [1.29, 1.82) is 0 Å². The Balaban J connectivity index is 1.49. The standard InChI is InChI=1S/C24H30FN5O4/c1-15(26)23(32)28-6-4-27(5-7-28)21-13-20-17(12-19(21)25)22(31)18(14-30(20)16-2-3-16)24(33)29-8-10-34-11-9-29/h12-16H,2-11,26H2,1H3/t15-/m1/s1. The van der Waals surface area contributed by atoms with E-state index in [0.717, 1.165) is 12.8 Å². The number of nitrogens with two attached hydrogens (primary N) is 1. The predicted molar refractivity (Wildman–Crippen MR) is 126 cm³/mol. The second-order valence-electron chi connectivity index (χ2n) is 9.34. The predicted octanol–water partition coefficient (Wildman–Crippen LogP) is 0.944. The van der Waals surface area contributed by atoms with Crippen LogP contribution in [-0.4, -0.2) is 84.7 Å². The highest BCUT2D eigenvalue weighted by Crippen LogP contribution is 2.38. The van der Waals surface area contributed by atoms with Crippen molar-refractivity contribution in [1.82, 2.24) is 14.4 Å². The average Bonchev–Trinajstić information content (AvgIpc) is 3.69. The number of piperazine rings is 1. The van der Waals surface area contributed by atoms with Crippen LogP contribution in [0.3, 0.4) is 0 Å². The molecule has 1 aromatic carbocycles. The Morgan fingerprint density at radius 3 is 2.35 bits per heavy atom. The molecule has 34 heavy (non-hydrogen) atoms. The molecule has 1 aromatic heterocycles. The molecule has 2 amide bonds. The number of rotatable bonds is 4. The molecule has 0 radical (unpaired) electrons. The number of aromatic nitrogens is 1. The molecule has 1 atom stereocenters. The number of fused-ring (bicyclic) bond motifs is 1. The van der Waals surface area contributed by atoms with Crippen LogP contribution in [0.4, 0.5) is 10.1 Å². The van der Waals surface area contributed by atoms with E-state index in [1.54, 1.807) is 29.0 Å². The zero-order chi connectivity index (χ0) is 24.0. The third-order valence-electron chi connectivity index (χ3n) is 6.89. The number of hydrogen-bond donors (Lipinski definition) is 1. The van der Waals surface area contributed by atoms with Gasteiger partial charge in [-0.05, 0) is 31.9 Å². The van der Waals surface area contributed by atoms with Crippen LogP contribution in [0.15, 0.2) is 23.1 Å². The Morgan fingerprint density at radius 1 is 1.06 bits per heavy atom. The van der Waals surface area contributed by atoms with Gasteiger partial charge in [0.2, 0.25) is 11.3 Å². The van der Waals surface area contributed by atoms with E-state index in [4.69, 9.17) is 10.5 Å². The van der Waals surface area contributed by atoms with Crippen LogP contribution in [0.1, 0.15) is 36.2 Å². The summed E-state index contributed by atoms with van der Waals surface area (Å²) in [5.74, 6) is -0.947. The summed E-state index contributed by atoms with van der Waals surface area (Å²) in [5.41, 5.74) is 6.39. The number of halogens is 1. The first kappa shape index (κ1) is 22.8. The number of carbonyl (C=O) groups excluding carboxylic acids is 2. The van der Waals surface area contributed by atoms with E-state index in [-0.39, 0.29) is 28.8 Å². The Hall–Kier alpha value is -2.98. The summed E-state index contributed by atoms with van der Waals surface area (Å²) >= 11 is 0. The van der Waals surface area contributed by atoms with E-state index in [1.807, 2.05) is 9.47 Å². The lowest BCUT2D eigenvalue weighted by molar-refractivity contribution is -0.132. The first-order valence-electron chi connectivity index (χ1n) is 11.9. The van der Waals surface area contributed by atoms with Crippen LogP contribution in [0.5, 0.6) is 0 Å². The molecule has 182 valence electrons. The van der Waals surface area contributed by atoms with Crippen molar-refractivity contribution >= 4 is 28.4 Å². The zero-order valence-corrected chi connectivity index (χ0v) is 19.3. The quantitative estimate of drug-likeness (QED) is 0.713. The first-order chi connectivity index (χ1) is 16.3. The molecule has 1 aliphatic carbocycles. The Labute approximate surface area is 196 Å². The third-order valence-corrected chi connectivity index (χ3v) is 6.89. The number of carbonyl (C=O) groups is 2. The van der Waals surface area contributed by atoms with E-state index in [2.05, 4.69) is 0 Å². The van der Waals surface area contributed by atoms with Crippen molar-refractivity contribution in [2.75, 3.05) is 57.4 Å². The van der Waals surface area contributed by atoms with Crippen LogP contribution in [0, 0.1) is 5.82 Å². The molecule has 3 heterocycles. The van der Waals surface area contributed by atoms with Gasteiger partial charge in [-0.3, -0.25) is 14.4 Å². The Bertz CT molecular complexity index is 1180. The lowest BCUT2D eigenvalue weighted by Crippen LogP contribution is -2.52. The van der Waals surface area contributed by atoms with E-state index >= 15 is 4.39 Å². The Kier molecular flexibility index (Phi) is 6.03. The highest BCUT2D eigenvalue weighted by atomic mass is 19.1. The van der Waals surface area contributed by atoms with Crippen molar-refractivity contribution in [3.05, 3.63) is 39.9 Å². The normalized spacial score (nSPS) is 20.0. The van der Waals surface area contributed by atoms with Gasteiger partial charge in [0.15, 0.2) is 0 Å². The summed E-state index contributed by atoms with van der Waals surface area (Å²) in [6.45, 7) is 5.28. The second-order valence-corrected chi connectivity index (χ2v) is 9.34. The minimum atomic E-state index is -0.564. The topological polar surface area (TPSA) is 101 Å². The monoisotopic (exact) mass is 471 g/mol. The maximum atomic E-state index is 15.3. The highest BCUT2D eigenvalue weighted by molar-refractivity contribution is 5.98. The van der Waals surface area contributed by atoms with Gasteiger partial charge in [-0.15, -0.1) is 0 Å². The van der Waals surface area contributed by atoms with Crippen LogP contribution in [0.2, 0.25) is 0 Å². The van der Waals surface area contributed by atoms with Gasteiger partial charge >= 0.3 is 0 Å². The maximum Gasteiger partial charge on any atom is 0.259 e. The maximum absolute atomic E-state index is 15.3. The molecule has 0 bridgehead atoms. The molecule has 2 aliphatic heterocycles. The summed E-state index contributed by atoms with van der Waals surface area (Å²) in [6, 6.07) is 2.61. The number of pyridine rings is 1. The number of amides is 2. The summed E-state index contributed by atoms with van der Waals surface area (Å²) < 4.78 is 22.6. The van der Waals surface area contributed by atoms with Crippen molar-refractivity contribution in [2.24, 2.45) is 5.73 Å². The van der Waals surface area contributed by atoms with Gasteiger partial charge in [0.05, 0.1) is 30.5 Å². The van der Waals surface area contributed by atoms with Crippen LogP contribution < -0.4 is 16.1 Å². The number of ether oxygens (including phenoxy) is 1. The number of hydrogen-bond acceptors (Lipinski definition) is 6. The van der Waals surface area contributed by atoms with Crippen LogP contribution >= 0.6 is 0 Å². The minimum absolute atomic E-state index is 0.0801.